The van der Waals surface area contributed by atoms with Gasteiger partial charge in [0.05, 0.1) is 12.0 Å². The Kier molecular flexibility index (Phi) is 5.77. The molecule has 0 saturated heterocycles. The third-order valence-corrected chi connectivity index (χ3v) is 5.70. The maximum Gasteiger partial charge on any atom is 0.310 e. The number of nitrogens with zero attached hydrogens (tertiary/aromatic N) is 1. The van der Waals surface area contributed by atoms with Gasteiger partial charge in [-0.1, -0.05) is 19.1 Å². The molecule has 1 aliphatic rings. The van der Waals surface area contributed by atoms with Crippen molar-refractivity contribution in [1.82, 2.24) is 0 Å². The third-order valence-electron chi connectivity index (χ3n) is 4.53. The Hall–Kier alpha value is -2.85. The number of benzene rings is 1. The van der Waals surface area contributed by atoms with Crippen molar-refractivity contribution in [2.45, 2.75) is 32.6 Å². The van der Waals surface area contributed by atoms with Gasteiger partial charge >= 0.3 is 5.97 Å². The molecular formula is C20H20N2O4S. The molecule has 3 rings (SSSR count). The zero-order chi connectivity index (χ0) is 19.4. The van der Waals surface area contributed by atoms with E-state index in [2.05, 4.69) is 18.3 Å². The molecule has 1 aromatic heterocycles. The number of fused-ring (bicyclic) bond motifs is 1. The standard InChI is InChI=1S/C20H20N2O4S/c1-12-2-7-15-16(10-21)20(27-17(15)8-12)22-18(24)11-26-19(25)9-13-3-5-14(23)6-4-13/h3-6,12,23H,2,7-9,11H2,1H3,(H,22,24)/t12-/m1/s1. The molecule has 0 bridgehead atoms. The van der Waals surface area contributed by atoms with Gasteiger partial charge in [0.25, 0.3) is 5.91 Å². The van der Waals surface area contributed by atoms with Crippen LogP contribution in [0.1, 0.15) is 34.9 Å². The molecule has 1 aliphatic carbocycles. The van der Waals surface area contributed by atoms with E-state index in [1.807, 2.05) is 0 Å². The van der Waals surface area contributed by atoms with Gasteiger partial charge in [-0.2, -0.15) is 5.26 Å². The van der Waals surface area contributed by atoms with E-state index in [-0.39, 0.29) is 12.2 Å². The molecule has 2 aromatic rings. The van der Waals surface area contributed by atoms with Gasteiger partial charge in [0.15, 0.2) is 6.61 Å². The molecular weight excluding hydrogens is 364 g/mol. The summed E-state index contributed by atoms with van der Waals surface area (Å²) in [5.74, 6) is -0.298. The first-order valence-electron chi connectivity index (χ1n) is 8.74. The average molecular weight is 384 g/mol. The molecule has 0 unspecified atom stereocenters. The predicted molar refractivity (Wildman–Crippen MR) is 102 cm³/mol. The molecule has 1 amide bonds. The normalized spacial score (nSPS) is 15.5. The lowest BCUT2D eigenvalue weighted by Gasteiger charge is -2.17. The minimum Gasteiger partial charge on any atom is -0.508 e. The van der Waals surface area contributed by atoms with Gasteiger partial charge in [0.2, 0.25) is 0 Å². The van der Waals surface area contributed by atoms with Gasteiger partial charge in [0, 0.05) is 4.88 Å². The Bertz CT molecular complexity index is 896. The van der Waals surface area contributed by atoms with E-state index in [1.54, 1.807) is 12.1 Å². The third kappa shape index (κ3) is 4.66. The molecule has 27 heavy (non-hydrogen) atoms. The molecule has 0 aliphatic heterocycles. The Morgan fingerprint density at radius 1 is 1.37 bits per heavy atom. The lowest BCUT2D eigenvalue weighted by atomic mass is 9.89. The van der Waals surface area contributed by atoms with Crippen molar-refractivity contribution in [3.63, 3.8) is 0 Å². The van der Waals surface area contributed by atoms with Crippen LogP contribution in [-0.2, 0) is 33.6 Å². The maximum absolute atomic E-state index is 12.1. The number of phenols is 1. The number of rotatable bonds is 5. The number of carbonyl (C=O) groups excluding carboxylic acids is 2. The van der Waals surface area contributed by atoms with Crippen molar-refractivity contribution in [3.8, 4) is 11.8 Å². The first-order valence-corrected chi connectivity index (χ1v) is 9.56. The number of nitriles is 1. The molecule has 1 heterocycles. The highest BCUT2D eigenvalue weighted by molar-refractivity contribution is 7.16. The highest BCUT2D eigenvalue weighted by atomic mass is 32.1. The molecule has 6 nitrogen and oxygen atoms in total. The Labute approximate surface area is 161 Å². The van der Waals surface area contributed by atoms with Gasteiger partial charge in [-0.05, 0) is 48.4 Å². The average Bonchev–Trinajstić information content (AvgIpc) is 2.97. The van der Waals surface area contributed by atoms with Crippen molar-refractivity contribution in [2.24, 2.45) is 5.92 Å². The number of hydrogen-bond acceptors (Lipinski definition) is 6. The van der Waals surface area contributed by atoms with Crippen LogP contribution in [0.3, 0.4) is 0 Å². The highest BCUT2D eigenvalue weighted by Crippen LogP contribution is 2.39. The molecule has 1 atom stereocenters. The summed E-state index contributed by atoms with van der Waals surface area (Å²) >= 11 is 1.44. The lowest BCUT2D eigenvalue weighted by Crippen LogP contribution is -2.21. The number of hydrogen-bond donors (Lipinski definition) is 2. The van der Waals surface area contributed by atoms with E-state index in [9.17, 15) is 20.0 Å². The molecule has 0 spiro atoms. The van der Waals surface area contributed by atoms with Crippen molar-refractivity contribution >= 4 is 28.2 Å². The Balaban J connectivity index is 1.56. The molecule has 7 heteroatoms. The molecule has 0 saturated carbocycles. The van der Waals surface area contributed by atoms with Gasteiger partial charge < -0.3 is 15.2 Å². The second-order valence-corrected chi connectivity index (χ2v) is 7.82. The van der Waals surface area contributed by atoms with Crippen LogP contribution in [0.5, 0.6) is 5.75 Å². The van der Waals surface area contributed by atoms with E-state index < -0.39 is 18.5 Å². The van der Waals surface area contributed by atoms with E-state index >= 15 is 0 Å². The molecule has 0 fully saturated rings. The SMILES string of the molecule is C[C@@H]1CCc2c(sc(NC(=O)COC(=O)Cc3ccc(O)cc3)c2C#N)C1. The number of phenolic OH excluding ortho intramolecular Hbond substituents is 1. The highest BCUT2D eigenvalue weighted by Gasteiger charge is 2.24. The number of ether oxygens (including phenoxy) is 1. The van der Waals surface area contributed by atoms with Crippen LogP contribution in [0.25, 0.3) is 0 Å². The molecule has 0 radical (unpaired) electrons. The summed E-state index contributed by atoms with van der Waals surface area (Å²) in [6, 6.07) is 8.40. The summed E-state index contributed by atoms with van der Waals surface area (Å²) in [5, 5.41) is 21.9. The number of anilines is 1. The quantitative estimate of drug-likeness (QED) is 0.772. The second kappa shape index (κ2) is 8.23. The Morgan fingerprint density at radius 3 is 2.81 bits per heavy atom. The van der Waals surface area contributed by atoms with E-state index in [4.69, 9.17) is 4.74 Å². The van der Waals surface area contributed by atoms with Gasteiger partial charge in [-0.15, -0.1) is 11.3 Å². The fourth-order valence-corrected chi connectivity index (χ4v) is 4.47. The van der Waals surface area contributed by atoms with E-state index in [1.165, 1.54) is 23.5 Å². The van der Waals surface area contributed by atoms with Gasteiger partial charge in [0.1, 0.15) is 16.8 Å². The zero-order valence-electron chi connectivity index (χ0n) is 14.9. The lowest BCUT2D eigenvalue weighted by molar-refractivity contribution is -0.146. The number of thiophene rings is 1. The van der Waals surface area contributed by atoms with Crippen LogP contribution in [-0.4, -0.2) is 23.6 Å². The summed E-state index contributed by atoms with van der Waals surface area (Å²) in [7, 11) is 0. The predicted octanol–water partition coefficient (Wildman–Crippen LogP) is 3.17. The van der Waals surface area contributed by atoms with Crippen molar-refractivity contribution < 1.29 is 19.4 Å². The van der Waals surface area contributed by atoms with Crippen LogP contribution < -0.4 is 5.32 Å². The first kappa shape index (κ1) is 18.9. The summed E-state index contributed by atoms with van der Waals surface area (Å²) in [6.07, 6.45) is 2.84. The molecule has 1 aromatic carbocycles. The van der Waals surface area contributed by atoms with Crippen LogP contribution >= 0.6 is 11.3 Å². The summed E-state index contributed by atoms with van der Waals surface area (Å²) in [6.45, 7) is 1.78. The van der Waals surface area contributed by atoms with Crippen molar-refractivity contribution in [2.75, 3.05) is 11.9 Å². The van der Waals surface area contributed by atoms with E-state index in [0.29, 0.717) is 22.0 Å². The molecule has 140 valence electrons. The Morgan fingerprint density at radius 2 is 2.11 bits per heavy atom. The minimum atomic E-state index is -0.532. The van der Waals surface area contributed by atoms with Gasteiger partial charge in [-0.3, -0.25) is 9.59 Å². The topological polar surface area (TPSA) is 99.4 Å². The summed E-state index contributed by atoms with van der Waals surface area (Å²) in [4.78, 5) is 25.2. The summed E-state index contributed by atoms with van der Waals surface area (Å²) < 4.78 is 5.01. The van der Waals surface area contributed by atoms with E-state index in [0.717, 1.165) is 29.7 Å². The first-order chi connectivity index (χ1) is 13.0. The van der Waals surface area contributed by atoms with Crippen LogP contribution in [0, 0.1) is 17.2 Å². The second-order valence-electron chi connectivity index (χ2n) is 6.72. The monoisotopic (exact) mass is 384 g/mol. The fraction of sp³-hybridized carbons (Fsp3) is 0.350. The zero-order valence-corrected chi connectivity index (χ0v) is 15.8. The minimum absolute atomic E-state index is 0.0161. The van der Waals surface area contributed by atoms with Crippen LogP contribution in [0.2, 0.25) is 0 Å². The van der Waals surface area contributed by atoms with Crippen LogP contribution in [0.15, 0.2) is 24.3 Å². The van der Waals surface area contributed by atoms with Crippen molar-refractivity contribution in [1.29, 1.82) is 5.26 Å². The van der Waals surface area contributed by atoms with Crippen molar-refractivity contribution in [3.05, 3.63) is 45.8 Å². The number of esters is 1. The number of nitrogens with one attached hydrogen (secondary N) is 1. The maximum atomic E-state index is 12.1. The van der Waals surface area contributed by atoms with Gasteiger partial charge in [-0.25, -0.2) is 0 Å². The number of amides is 1. The fourth-order valence-electron chi connectivity index (χ4n) is 3.10. The largest absolute Gasteiger partial charge is 0.508 e. The number of aromatic hydroxyl groups is 1. The summed E-state index contributed by atoms with van der Waals surface area (Å²) in [5.41, 5.74) is 2.26. The smallest absolute Gasteiger partial charge is 0.310 e. The number of carbonyl (C=O) groups is 2. The van der Waals surface area contributed by atoms with Crippen LogP contribution in [0.4, 0.5) is 5.00 Å². The molecule has 2 N–H and O–H groups in total.